The minimum Gasteiger partial charge on any atom is -0.395 e. The zero-order valence-electron chi connectivity index (χ0n) is 13.1. The lowest BCUT2D eigenvalue weighted by Gasteiger charge is -2.13. The molecule has 2 N–H and O–H groups in total. The van der Waals surface area contributed by atoms with Crippen LogP contribution in [-0.4, -0.2) is 39.2 Å². The van der Waals surface area contributed by atoms with Crippen LogP contribution in [0.15, 0.2) is 24.3 Å². The van der Waals surface area contributed by atoms with Gasteiger partial charge in [-0.15, -0.1) is 5.10 Å². The topological polar surface area (TPSA) is 80.0 Å². The third kappa shape index (κ3) is 3.73. The second-order valence-electron chi connectivity index (χ2n) is 5.42. The molecule has 0 unspecified atom stereocenters. The lowest BCUT2D eigenvalue weighted by atomic mass is 10.1. The van der Waals surface area contributed by atoms with Gasteiger partial charge < -0.3 is 10.4 Å². The molecule has 0 aliphatic carbocycles. The van der Waals surface area contributed by atoms with E-state index in [1.54, 1.807) is 13.8 Å². The fourth-order valence-electron chi connectivity index (χ4n) is 2.23. The summed E-state index contributed by atoms with van der Waals surface area (Å²) >= 11 is 0. The maximum absolute atomic E-state index is 12.9. The van der Waals surface area contributed by atoms with Crippen molar-refractivity contribution in [2.75, 3.05) is 13.2 Å². The van der Waals surface area contributed by atoms with Crippen LogP contribution < -0.4 is 5.32 Å². The zero-order chi connectivity index (χ0) is 17.9. The summed E-state index contributed by atoms with van der Waals surface area (Å²) in [4.78, 5) is 12.1. The van der Waals surface area contributed by atoms with Crippen molar-refractivity contribution < 1.29 is 23.1 Å². The van der Waals surface area contributed by atoms with E-state index < -0.39 is 17.6 Å². The van der Waals surface area contributed by atoms with Gasteiger partial charge in [-0.05, 0) is 24.1 Å². The van der Waals surface area contributed by atoms with E-state index in [1.807, 2.05) is 0 Å². The molecule has 0 spiro atoms. The highest BCUT2D eigenvalue weighted by Crippen LogP contribution is 2.31. The molecule has 0 bridgehead atoms. The number of aliphatic hydroxyl groups is 1. The molecule has 1 heterocycles. The van der Waals surface area contributed by atoms with Crippen LogP contribution in [-0.2, 0) is 6.18 Å². The van der Waals surface area contributed by atoms with E-state index in [1.165, 1.54) is 16.8 Å². The number of benzene rings is 1. The van der Waals surface area contributed by atoms with E-state index >= 15 is 0 Å². The van der Waals surface area contributed by atoms with Crippen molar-refractivity contribution in [1.82, 2.24) is 20.3 Å². The largest absolute Gasteiger partial charge is 0.416 e. The number of hydrogen-bond donors (Lipinski definition) is 2. The Morgan fingerprint density at radius 2 is 2.08 bits per heavy atom. The Labute approximate surface area is 136 Å². The third-order valence-corrected chi connectivity index (χ3v) is 3.28. The molecule has 0 radical (unpaired) electrons. The van der Waals surface area contributed by atoms with Crippen LogP contribution >= 0.6 is 0 Å². The van der Waals surface area contributed by atoms with E-state index in [2.05, 4.69) is 15.6 Å². The zero-order valence-corrected chi connectivity index (χ0v) is 13.1. The number of nitrogens with one attached hydrogen (secondary N) is 1. The average molecular weight is 342 g/mol. The Morgan fingerprint density at radius 1 is 1.38 bits per heavy atom. The first-order chi connectivity index (χ1) is 11.3. The number of aromatic nitrogens is 3. The SMILES string of the molecule is CC(C)c1c(C(=O)NCCO)nnn1-c1cccc(C(F)(F)F)c1. The number of hydrogen-bond acceptors (Lipinski definition) is 4. The molecule has 6 nitrogen and oxygen atoms in total. The van der Waals surface area contributed by atoms with Crippen molar-refractivity contribution in [3.05, 3.63) is 41.2 Å². The number of halogens is 3. The molecular formula is C15H17F3N4O2. The van der Waals surface area contributed by atoms with Crippen LogP contribution in [0.25, 0.3) is 5.69 Å². The lowest BCUT2D eigenvalue weighted by Crippen LogP contribution is -2.28. The normalized spacial score (nSPS) is 11.8. The molecule has 2 rings (SSSR count). The summed E-state index contributed by atoms with van der Waals surface area (Å²) in [5, 5.41) is 18.9. The lowest BCUT2D eigenvalue weighted by molar-refractivity contribution is -0.137. The van der Waals surface area contributed by atoms with Crippen LogP contribution in [0.5, 0.6) is 0 Å². The Balaban J connectivity index is 2.48. The number of alkyl halides is 3. The van der Waals surface area contributed by atoms with E-state index in [0.29, 0.717) is 5.69 Å². The predicted molar refractivity (Wildman–Crippen MR) is 79.9 cm³/mol. The van der Waals surface area contributed by atoms with Crippen LogP contribution in [0.4, 0.5) is 13.2 Å². The molecule has 0 aliphatic heterocycles. The van der Waals surface area contributed by atoms with Gasteiger partial charge in [0, 0.05) is 6.54 Å². The molecule has 9 heteroatoms. The first-order valence-corrected chi connectivity index (χ1v) is 7.28. The summed E-state index contributed by atoms with van der Waals surface area (Å²) in [7, 11) is 0. The fraction of sp³-hybridized carbons (Fsp3) is 0.400. The van der Waals surface area contributed by atoms with Crippen molar-refractivity contribution in [2.45, 2.75) is 25.9 Å². The first-order valence-electron chi connectivity index (χ1n) is 7.28. The highest BCUT2D eigenvalue weighted by atomic mass is 19.4. The van der Waals surface area contributed by atoms with Gasteiger partial charge in [0.25, 0.3) is 5.91 Å². The third-order valence-electron chi connectivity index (χ3n) is 3.28. The Hall–Kier alpha value is -2.42. The van der Waals surface area contributed by atoms with Gasteiger partial charge in [0.2, 0.25) is 0 Å². The molecule has 0 atom stereocenters. The first kappa shape index (κ1) is 17.9. The maximum atomic E-state index is 12.9. The van der Waals surface area contributed by atoms with E-state index in [-0.39, 0.29) is 30.5 Å². The Kier molecular flexibility index (Phi) is 5.23. The van der Waals surface area contributed by atoms with Crippen LogP contribution in [0.2, 0.25) is 0 Å². The molecule has 2 aromatic rings. The number of aliphatic hydroxyl groups excluding tert-OH is 1. The molecule has 1 aromatic carbocycles. The summed E-state index contributed by atoms with van der Waals surface area (Å²) in [5.41, 5.74) is -0.223. The van der Waals surface area contributed by atoms with Crippen molar-refractivity contribution in [1.29, 1.82) is 0 Å². The van der Waals surface area contributed by atoms with E-state index in [4.69, 9.17) is 5.11 Å². The second-order valence-corrected chi connectivity index (χ2v) is 5.42. The highest BCUT2D eigenvalue weighted by Gasteiger charge is 2.31. The quantitative estimate of drug-likeness (QED) is 0.872. The molecule has 0 fully saturated rings. The fourth-order valence-corrected chi connectivity index (χ4v) is 2.23. The minimum absolute atomic E-state index is 0.0239. The molecule has 130 valence electrons. The van der Waals surface area contributed by atoms with Gasteiger partial charge in [0.1, 0.15) is 0 Å². The number of amides is 1. The minimum atomic E-state index is -4.48. The smallest absolute Gasteiger partial charge is 0.395 e. The van der Waals surface area contributed by atoms with Gasteiger partial charge in [-0.2, -0.15) is 13.2 Å². The molecular weight excluding hydrogens is 325 g/mol. The Bertz CT molecular complexity index is 726. The van der Waals surface area contributed by atoms with Crippen LogP contribution in [0.1, 0.15) is 41.5 Å². The Morgan fingerprint density at radius 3 is 2.67 bits per heavy atom. The van der Waals surface area contributed by atoms with Crippen LogP contribution in [0.3, 0.4) is 0 Å². The van der Waals surface area contributed by atoms with Crippen molar-refractivity contribution in [2.24, 2.45) is 0 Å². The maximum Gasteiger partial charge on any atom is 0.416 e. The van der Waals surface area contributed by atoms with Crippen molar-refractivity contribution in [3.63, 3.8) is 0 Å². The molecule has 0 saturated heterocycles. The van der Waals surface area contributed by atoms with Gasteiger partial charge in [-0.25, -0.2) is 4.68 Å². The summed E-state index contributed by atoms with van der Waals surface area (Å²) in [6, 6.07) is 4.65. The summed E-state index contributed by atoms with van der Waals surface area (Å²) in [6.07, 6.45) is -4.48. The summed E-state index contributed by atoms with van der Waals surface area (Å²) in [5.74, 6) is -0.740. The molecule has 0 saturated carbocycles. The number of carbonyl (C=O) groups excluding carboxylic acids is 1. The average Bonchev–Trinajstić information content (AvgIpc) is 2.97. The predicted octanol–water partition coefficient (Wildman–Crippen LogP) is 2.13. The monoisotopic (exact) mass is 342 g/mol. The summed E-state index contributed by atoms with van der Waals surface area (Å²) in [6.45, 7) is 3.38. The van der Waals surface area contributed by atoms with Crippen molar-refractivity contribution >= 4 is 5.91 Å². The van der Waals surface area contributed by atoms with Gasteiger partial charge in [-0.1, -0.05) is 25.1 Å². The van der Waals surface area contributed by atoms with Gasteiger partial charge in [0.05, 0.1) is 23.6 Å². The van der Waals surface area contributed by atoms with Gasteiger partial charge in [0.15, 0.2) is 5.69 Å². The molecule has 0 aliphatic rings. The molecule has 1 aromatic heterocycles. The standard InChI is InChI=1S/C15H17F3N4O2/c1-9(2)13-12(14(24)19-6-7-23)20-21-22(13)11-5-3-4-10(8-11)15(16,17)18/h3-5,8-9,23H,6-7H2,1-2H3,(H,19,24). The number of carbonyl (C=O) groups is 1. The van der Waals surface area contributed by atoms with E-state index in [9.17, 15) is 18.0 Å². The van der Waals surface area contributed by atoms with Crippen molar-refractivity contribution in [3.8, 4) is 5.69 Å². The second kappa shape index (κ2) is 7.00. The van der Waals surface area contributed by atoms with Crippen LogP contribution in [0, 0.1) is 0 Å². The van der Waals surface area contributed by atoms with Gasteiger partial charge >= 0.3 is 6.18 Å². The number of nitrogens with zero attached hydrogens (tertiary/aromatic N) is 3. The molecule has 1 amide bonds. The highest BCUT2D eigenvalue weighted by molar-refractivity contribution is 5.93. The van der Waals surface area contributed by atoms with E-state index in [0.717, 1.165) is 12.1 Å². The number of rotatable bonds is 5. The van der Waals surface area contributed by atoms with Gasteiger partial charge in [-0.3, -0.25) is 4.79 Å². The molecule has 24 heavy (non-hydrogen) atoms. The summed E-state index contributed by atoms with van der Waals surface area (Å²) < 4.78 is 39.9.